The lowest BCUT2D eigenvalue weighted by molar-refractivity contribution is -0.127. The number of aromatic nitrogens is 4. The number of amides is 1. The van der Waals surface area contributed by atoms with Crippen LogP contribution in [0.5, 0.6) is 0 Å². The number of nitrogens with one attached hydrogen (secondary N) is 1. The Labute approximate surface area is 202 Å². The van der Waals surface area contributed by atoms with Gasteiger partial charge in [-0.2, -0.15) is 10.2 Å². The molecule has 1 aliphatic rings. The number of nitrogens with zero attached hydrogens (tertiary/aromatic N) is 6. The van der Waals surface area contributed by atoms with Crippen molar-refractivity contribution in [2.24, 2.45) is 11.8 Å². The maximum atomic E-state index is 12.8. The first-order valence-electron chi connectivity index (χ1n) is 12.2. The van der Waals surface area contributed by atoms with Crippen LogP contribution in [-0.4, -0.2) is 71.1 Å². The summed E-state index contributed by atoms with van der Waals surface area (Å²) < 4.78 is 1.99. The second-order valence-electron chi connectivity index (χ2n) is 9.93. The van der Waals surface area contributed by atoms with Crippen molar-refractivity contribution in [3.05, 3.63) is 41.2 Å². The predicted molar refractivity (Wildman–Crippen MR) is 137 cm³/mol. The minimum absolute atomic E-state index is 0.0244. The minimum Gasteiger partial charge on any atom is -0.356 e. The molecule has 2 aromatic heterocycles. The first-order valence-corrected chi connectivity index (χ1v) is 12.2. The van der Waals surface area contributed by atoms with Crippen LogP contribution in [0.1, 0.15) is 36.7 Å². The van der Waals surface area contributed by atoms with Crippen molar-refractivity contribution < 1.29 is 4.79 Å². The Balaban J connectivity index is 1.53. The van der Waals surface area contributed by atoms with Gasteiger partial charge in [-0.3, -0.25) is 4.79 Å². The van der Waals surface area contributed by atoms with Crippen molar-refractivity contribution in [3.8, 4) is 5.69 Å². The van der Waals surface area contributed by atoms with Gasteiger partial charge < -0.3 is 15.1 Å². The van der Waals surface area contributed by atoms with Gasteiger partial charge in [0.1, 0.15) is 5.52 Å². The first kappa shape index (κ1) is 24.1. The molecule has 0 unspecified atom stereocenters. The van der Waals surface area contributed by atoms with Crippen LogP contribution in [0.3, 0.4) is 0 Å². The number of anilines is 1. The molecule has 0 spiro atoms. The molecule has 0 saturated carbocycles. The van der Waals surface area contributed by atoms with E-state index in [2.05, 4.69) is 84.4 Å². The van der Waals surface area contributed by atoms with E-state index in [4.69, 9.17) is 5.10 Å². The van der Waals surface area contributed by atoms with Gasteiger partial charge in [-0.25, -0.2) is 4.68 Å². The van der Waals surface area contributed by atoms with Crippen LogP contribution >= 0.6 is 0 Å². The van der Waals surface area contributed by atoms with Crippen molar-refractivity contribution in [1.82, 2.24) is 30.2 Å². The van der Waals surface area contributed by atoms with Crippen molar-refractivity contribution >= 4 is 22.6 Å². The van der Waals surface area contributed by atoms with E-state index in [1.165, 1.54) is 5.56 Å². The third-order valence-electron chi connectivity index (χ3n) is 6.89. The number of benzene rings is 1. The average Bonchev–Trinajstić information content (AvgIpc) is 3.15. The van der Waals surface area contributed by atoms with Gasteiger partial charge in [0.05, 0.1) is 22.5 Å². The highest BCUT2D eigenvalue weighted by Crippen LogP contribution is 2.33. The van der Waals surface area contributed by atoms with E-state index in [0.717, 1.165) is 72.8 Å². The van der Waals surface area contributed by atoms with Gasteiger partial charge in [0.15, 0.2) is 5.82 Å². The Morgan fingerprint density at radius 1 is 1.15 bits per heavy atom. The number of rotatable bonds is 7. The maximum Gasteiger partial charge on any atom is 0.223 e. The summed E-state index contributed by atoms with van der Waals surface area (Å²) in [7, 11) is 4.10. The van der Waals surface area contributed by atoms with E-state index in [1.807, 2.05) is 11.6 Å². The summed E-state index contributed by atoms with van der Waals surface area (Å²) >= 11 is 0. The lowest BCUT2D eigenvalue weighted by Crippen LogP contribution is -2.46. The lowest BCUT2D eigenvalue weighted by atomic mass is 9.86. The van der Waals surface area contributed by atoms with Crippen molar-refractivity contribution in [3.63, 3.8) is 0 Å². The molecule has 3 aromatic rings. The number of hydrogen-bond donors (Lipinski definition) is 1. The highest BCUT2D eigenvalue weighted by Gasteiger charge is 2.33. The SMILES string of the molecule is Cc1ccc(-n2nc3c(N4CC[C@@H](C(=O)NCCCN(C)C)[C@@H](C)C4)nnc(C)c3c2C)cc1. The molecular formula is C26H37N7O. The number of piperidine rings is 1. The Morgan fingerprint density at radius 3 is 2.56 bits per heavy atom. The number of aryl methyl sites for hydroxylation is 3. The largest absolute Gasteiger partial charge is 0.356 e. The zero-order chi connectivity index (χ0) is 24.4. The van der Waals surface area contributed by atoms with Crippen LogP contribution in [0.15, 0.2) is 24.3 Å². The Bertz CT molecular complexity index is 1150. The van der Waals surface area contributed by atoms with Gasteiger partial charge in [0.2, 0.25) is 5.91 Å². The summed E-state index contributed by atoms with van der Waals surface area (Å²) in [5, 5.41) is 18.2. The molecule has 0 aliphatic carbocycles. The fourth-order valence-electron chi connectivity index (χ4n) is 4.93. The molecule has 1 amide bonds. The van der Waals surface area contributed by atoms with Crippen molar-refractivity contribution in [1.29, 1.82) is 0 Å². The van der Waals surface area contributed by atoms with E-state index in [0.29, 0.717) is 0 Å². The van der Waals surface area contributed by atoms with Gasteiger partial charge in [0.25, 0.3) is 0 Å². The number of carbonyl (C=O) groups excluding carboxylic acids is 1. The van der Waals surface area contributed by atoms with Crippen LogP contribution in [0.4, 0.5) is 5.82 Å². The molecule has 1 aliphatic heterocycles. The summed E-state index contributed by atoms with van der Waals surface area (Å²) in [6.07, 6.45) is 1.77. The number of carbonyl (C=O) groups is 1. The molecule has 8 heteroatoms. The Hall–Kier alpha value is -3.00. The molecule has 182 valence electrons. The van der Waals surface area contributed by atoms with Crippen LogP contribution < -0.4 is 10.2 Å². The average molecular weight is 464 g/mol. The molecule has 1 saturated heterocycles. The Morgan fingerprint density at radius 2 is 1.88 bits per heavy atom. The molecule has 8 nitrogen and oxygen atoms in total. The van der Waals surface area contributed by atoms with Crippen LogP contribution in [0.2, 0.25) is 0 Å². The molecule has 1 aromatic carbocycles. The summed E-state index contributed by atoms with van der Waals surface area (Å²) in [5.74, 6) is 1.23. The van der Waals surface area contributed by atoms with Gasteiger partial charge >= 0.3 is 0 Å². The quantitative estimate of drug-likeness (QED) is 0.542. The van der Waals surface area contributed by atoms with Gasteiger partial charge in [-0.05, 0) is 72.3 Å². The molecule has 1 N–H and O–H groups in total. The molecule has 4 rings (SSSR count). The standard InChI is InChI=1S/C26H37N7O/c1-17-8-10-21(11-9-17)33-20(4)23-19(3)28-29-25(24(23)30-33)32-15-12-22(18(2)16-32)26(34)27-13-7-14-31(5)6/h8-11,18,22H,7,12-16H2,1-6H3,(H,27,34)/t18-,22+/m0/s1. The van der Waals surface area contributed by atoms with E-state index >= 15 is 0 Å². The summed E-state index contributed by atoms with van der Waals surface area (Å²) in [6, 6.07) is 8.39. The second kappa shape index (κ2) is 10.1. The summed E-state index contributed by atoms with van der Waals surface area (Å²) in [6.45, 7) is 11.6. The fourth-order valence-corrected chi connectivity index (χ4v) is 4.93. The van der Waals surface area contributed by atoms with E-state index in [9.17, 15) is 4.79 Å². The number of hydrogen-bond acceptors (Lipinski definition) is 6. The second-order valence-corrected chi connectivity index (χ2v) is 9.93. The fraction of sp³-hybridized carbons (Fsp3) is 0.538. The normalized spacial score (nSPS) is 18.6. The monoisotopic (exact) mass is 463 g/mol. The van der Waals surface area contributed by atoms with Crippen LogP contribution in [-0.2, 0) is 4.79 Å². The predicted octanol–water partition coefficient (Wildman–Crippen LogP) is 3.27. The summed E-state index contributed by atoms with van der Waals surface area (Å²) in [5.41, 5.74) is 5.08. The van der Waals surface area contributed by atoms with Crippen LogP contribution in [0, 0.1) is 32.6 Å². The third kappa shape index (κ3) is 4.92. The lowest BCUT2D eigenvalue weighted by Gasteiger charge is -2.36. The number of fused-ring (bicyclic) bond motifs is 1. The van der Waals surface area contributed by atoms with E-state index in [-0.39, 0.29) is 17.7 Å². The smallest absolute Gasteiger partial charge is 0.223 e. The zero-order valence-corrected chi connectivity index (χ0v) is 21.3. The van der Waals surface area contributed by atoms with Gasteiger partial charge in [-0.1, -0.05) is 24.6 Å². The highest BCUT2D eigenvalue weighted by molar-refractivity contribution is 5.92. The molecule has 0 radical (unpaired) electrons. The first-order chi connectivity index (χ1) is 16.3. The van der Waals surface area contributed by atoms with Crippen molar-refractivity contribution in [2.75, 3.05) is 45.2 Å². The molecule has 1 fully saturated rings. The van der Waals surface area contributed by atoms with Gasteiger partial charge in [0, 0.05) is 25.6 Å². The summed E-state index contributed by atoms with van der Waals surface area (Å²) in [4.78, 5) is 17.2. The molecule has 34 heavy (non-hydrogen) atoms. The molecule has 2 atom stereocenters. The van der Waals surface area contributed by atoms with E-state index < -0.39 is 0 Å². The minimum atomic E-state index is 0.0244. The Kier molecular flexibility index (Phi) is 7.16. The molecule has 0 bridgehead atoms. The third-order valence-corrected chi connectivity index (χ3v) is 6.89. The molecular weight excluding hydrogens is 426 g/mol. The molecule has 3 heterocycles. The topological polar surface area (TPSA) is 79.2 Å². The van der Waals surface area contributed by atoms with E-state index in [1.54, 1.807) is 0 Å². The maximum absolute atomic E-state index is 12.8. The van der Waals surface area contributed by atoms with Gasteiger partial charge in [-0.15, -0.1) is 5.10 Å². The van der Waals surface area contributed by atoms with Crippen molar-refractivity contribution in [2.45, 2.75) is 40.5 Å². The van der Waals surface area contributed by atoms with Crippen LogP contribution in [0.25, 0.3) is 16.6 Å². The highest BCUT2D eigenvalue weighted by atomic mass is 16.1. The zero-order valence-electron chi connectivity index (χ0n) is 21.3.